The van der Waals surface area contributed by atoms with Crippen LogP contribution in [-0.4, -0.2) is 19.2 Å². The molecule has 1 aliphatic rings. The van der Waals surface area contributed by atoms with Gasteiger partial charge in [-0.05, 0) is 37.4 Å². The molecule has 0 fully saturated rings. The number of unbranched alkanes of at least 4 members (excludes halogenated alkanes) is 3. The molecule has 118 valence electrons. The number of nitrogens with one attached hydrogen (secondary N) is 1. The van der Waals surface area contributed by atoms with Gasteiger partial charge >= 0.3 is 0 Å². The van der Waals surface area contributed by atoms with E-state index in [-0.39, 0.29) is 5.41 Å². The van der Waals surface area contributed by atoms with Crippen molar-refractivity contribution in [1.82, 2.24) is 5.32 Å². The van der Waals surface area contributed by atoms with Crippen LogP contribution in [0.25, 0.3) is 0 Å². The Morgan fingerprint density at radius 2 is 1.90 bits per heavy atom. The van der Waals surface area contributed by atoms with Crippen molar-refractivity contribution in [3.05, 3.63) is 29.3 Å². The summed E-state index contributed by atoms with van der Waals surface area (Å²) in [7, 11) is 0. The van der Waals surface area contributed by atoms with E-state index in [2.05, 4.69) is 51.2 Å². The van der Waals surface area contributed by atoms with Crippen molar-refractivity contribution in [2.24, 2.45) is 0 Å². The smallest absolute Gasteiger partial charge is 0.123 e. The van der Waals surface area contributed by atoms with Gasteiger partial charge in [0.1, 0.15) is 5.75 Å². The maximum Gasteiger partial charge on any atom is 0.123 e. The molecule has 0 atom stereocenters. The van der Waals surface area contributed by atoms with Crippen LogP contribution in [-0.2, 0) is 11.8 Å². The number of aryl methyl sites for hydroxylation is 1. The largest absolute Gasteiger partial charge is 0.492 e. The first-order valence-corrected chi connectivity index (χ1v) is 8.48. The zero-order valence-electron chi connectivity index (χ0n) is 14.2. The molecule has 1 aliphatic heterocycles. The van der Waals surface area contributed by atoms with E-state index in [1.54, 1.807) is 0 Å². The first-order valence-electron chi connectivity index (χ1n) is 8.48. The van der Waals surface area contributed by atoms with E-state index >= 15 is 0 Å². The van der Waals surface area contributed by atoms with Gasteiger partial charge in [-0.3, -0.25) is 0 Å². The number of hydrogen-bond acceptors (Lipinski definition) is 2. The van der Waals surface area contributed by atoms with E-state index in [1.807, 2.05) is 0 Å². The molecule has 1 aromatic carbocycles. The minimum atomic E-state index is 0.174. The zero-order valence-corrected chi connectivity index (χ0v) is 14.2. The van der Waals surface area contributed by atoms with E-state index in [0.717, 1.165) is 18.9 Å². The molecule has 0 saturated carbocycles. The maximum absolute atomic E-state index is 5.75. The first kappa shape index (κ1) is 16.4. The molecule has 0 amide bonds. The lowest BCUT2D eigenvalue weighted by Crippen LogP contribution is -2.23. The minimum Gasteiger partial charge on any atom is -0.492 e. The normalized spacial score (nSPS) is 16.0. The summed E-state index contributed by atoms with van der Waals surface area (Å²) in [5.74, 6) is 1.09. The van der Waals surface area contributed by atoms with Crippen LogP contribution < -0.4 is 10.1 Å². The average molecular weight is 289 g/mol. The minimum absolute atomic E-state index is 0.174. The van der Waals surface area contributed by atoms with E-state index < -0.39 is 0 Å². The second kappa shape index (κ2) is 7.31. The lowest BCUT2D eigenvalue weighted by atomic mass is 9.85. The fraction of sp³-hybridized carbons (Fsp3) is 0.684. The Hall–Kier alpha value is -1.02. The number of hydrogen-bond donors (Lipinski definition) is 1. The molecule has 2 rings (SSSR count). The molecular weight excluding hydrogens is 258 g/mol. The molecular formula is C19H31NO. The van der Waals surface area contributed by atoms with Crippen LogP contribution in [0.4, 0.5) is 0 Å². The molecule has 1 aromatic rings. The highest BCUT2D eigenvalue weighted by Crippen LogP contribution is 2.38. The summed E-state index contributed by atoms with van der Waals surface area (Å²) >= 11 is 0. The van der Waals surface area contributed by atoms with Crippen LogP contribution >= 0.6 is 0 Å². The summed E-state index contributed by atoms with van der Waals surface area (Å²) in [4.78, 5) is 0. The zero-order chi connectivity index (χ0) is 15.3. The second-order valence-electron chi connectivity index (χ2n) is 7.28. The van der Waals surface area contributed by atoms with Crippen molar-refractivity contribution in [1.29, 1.82) is 0 Å². The number of ether oxygens (including phenoxy) is 1. The summed E-state index contributed by atoms with van der Waals surface area (Å²) in [6.45, 7) is 10.9. The second-order valence-corrected chi connectivity index (χ2v) is 7.28. The molecule has 21 heavy (non-hydrogen) atoms. The molecule has 1 heterocycles. The van der Waals surface area contributed by atoms with Crippen LogP contribution in [0.2, 0.25) is 0 Å². The Morgan fingerprint density at radius 1 is 1.14 bits per heavy atom. The van der Waals surface area contributed by atoms with Gasteiger partial charge < -0.3 is 10.1 Å². The Kier molecular flexibility index (Phi) is 5.69. The molecule has 0 saturated heterocycles. The van der Waals surface area contributed by atoms with E-state index in [1.165, 1.54) is 43.2 Å². The van der Waals surface area contributed by atoms with Gasteiger partial charge in [0.25, 0.3) is 0 Å². The number of fused-ring (bicyclic) bond motifs is 1. The number of benzene rings is 1. The van der Waals surface area contributed by atoms with Crippen LogP contribution in [0.1, 0.15) is 64.5 Å². The van der Waals surface area contributed by atoms with Crippen LogP contribution in [0, 0.1) is 0 Å². The van der Waals surface area contributed by atoms with Gasteiger partial charge in [0.15, 0.2) is 0 Å². The van der Waals surface area contributed by atoms with Gasteiger partial charge in [-0.15, -0.1) is 0 Å². The Bertz CT molecular complexity index is 451. The molecule has 0 aromatic heterocycles. The van der Waals surface area contributed by atoms with Gasteiger partial charge in [-0.2, -0.15) is 0 Å². The van der Waals surface area contributed by atoms with E-state index in [4.69, 9.17) is 4.74 Å². The van der Waals surface area contributed by atoms with E-state index in [0.29, 0.717) is 6.04 Å². The predicted octanol–water partition coefficient (Wildman–Crippen LogP) is 4.46. The highest BCUT2D eigenvalue weighted by atomic mass is 16.5. The Balaban J connectivity index is 1.70. The first-order chi connectivity index (χ1) is 9.99. The van der Waals surface area contributed by atoms with Crippen LogP contribution in [0.5, 0.6) is 5.75 Å². The fourth-order valence-corrected chi connectivity index (χ4v) is 2.92. The number of rotatable bonds is 8. The SMILES string of the molecule is CC(C)NCCCCCCc1ccc2c(c1)C(C)(C)CO2. The average Bonchev–Trinajstić information content (AvgIpc) is 2.73. The lowest BCUT2D eigenvalue weighted by Gasteiger charge is -2.15. The van der Waals surface area contributed by atoms with Crippen molar-refractivity contribution in [2.45, 2.75) is 71.3 Å². The van der Waals surface area contributed by atoms with Crippen LogP contribution in [0.3, 0.4) is 0 Å². The lowest BCUT2D eigenvalue weighted by molar-refractivity contribution is 0.291. The van der Waals surface area contributed by atoms with Crippen molar-refractivity contribution >= 4 is 0 Å². The van der Waals surface area contributed by atoms with Crippen LogP contribution in [0.15, 0.2) is 18.2 Å². The fourth-order valence-electron chi connectivity index (χ4n) is 2.92. The van der Waals surface area contributed by atoms with Crippen molar-refractivity contribution in [2.75, 3.05) is 13.2 Å². The predicted molar refractivity (Wildman–Crippen MR) is 90.3 cm³/mol. The Labute approximate surface area is 130 Å². The van der Waals surface area contributed by atoms with E-state index in [9.17, 15) is 0 Å². The van der Waals surface area contributed by atoms with Gasteiger partial charge in [0, 0.05) is 17.0 Å². The molecule has 2 heteroatoms. The summed E-state index contributed by atoms with van der Waals surface area (Å²) in [6, 6.07) is 7.37. The molecule has 1 N–H and O–H groups in total. The van der Waals surface area contributed by atoms with Gasteiger partial charge in [0.2, 0.25) is 0 Å². The summed E-state index contributed by atoms with van der Waals surface area (Å²) < 4.78 is 5.75. The van der Waals surface area contributed by atoms with Crippen molar-refractivity contribution in [3.8, 4) is 5.75 Å². The summed E-state index contributed by atoms with van der Waals surface area (Å²) in [6.07, 6.45) is 6.45. The van der Waals surface area contributed by atoms with Gasteiger partial charge in [-0.1, -0.05) is 52.7 Å². The third-order valence-electron chi connectivity index (χ3n) is 4.31. The molecule has 0 spiro atoms. The summed E-state index contributed by atoms with van der Waals surface area (Å²) in [5.41, 5.74) is 3.03. The molecule has 0 radical (unpaired) electrons. The third-order valence-corrected chi connectivity index (χ3v) is 4.31. The van der Waals surface area contributed by atoms with Crippen molar-refractivity contribution in [3.63, 3.8) is 0 Å². The Morgan fingerprint density at radius 3 is 2.67 bits per heavy atom. The topological polar surface area (TPSA) is 21.3 Å². The highest BCUT2D eigenvalue weighted by molar-refractivity contribution is 5.45. The van der Waals surface area contributed by atoms with Crippen molar-refractivity contribution < 1.29 is 4.74 Å². The third kappa shape index (κ3) is 4.74. The molecule has 0 aliphatic carbocycles. The highest BCUT2D eigenvalue weighted by Gasteiger charge is 2.31. The molecule has 0 unspecified atom stereocenters. The quantitative estimate of drug-likeness (QED) is 0.714. The summed E-state index contributed by atoms with van der Waals surface area (Å²) in [5, 5.41) is 3.48. The standard InChI is InChI=1S/C19H31NO/c1-15(2)20-12-8-6-5-7-9-16-10-11-18-17(13-16)19(3,4)14-21-18/h10-11,13,15,20H,5-9,12,14H2,1-4H3. The monoisotopic (exact) mass is 289 g/mol. The van der Waals surface area contributed by atoms with Gasteiger partial charge in [0.05, 0.1) is 6.61 Å². The molecule has 2 nitrogen and oxygen atoms in total. The maximum atomic E-state index is 5.75. The molecule has 0 bridgehead atoms. The van der Waals surface area contributed by atoms with Gasteiger partial charge in [-0.25, -0.2) is 0 Å².